The summed E-state index contributed by atoms with van der Waals surface area (Å²) in [5.41, 5.74) is 9.18. The second-order valence-electron chi connectivity index (χ2n) is 10.4. The van der Waals surface area contributed by atoms with Gasteiger partial charge in [0.2, 0.25) is 0 Å². The van der Waals surface area contributed by atoms with E-state index in [4.69, 9.17) is 5.32 Å². The summed E-state index contributed by atoms with van der Waals surface area (Å²) in [7, 11) is 0. The molecule has 0 saturated carbocycles. The second-order valence-corrected chi connectivity index (χ2v) is 10.4. The van der Waals surface area contributed by atoms with Crippen LogP contribution in [0.1, 0.15) is 59.7 Å². The standard InChI is InChI=1S/C30H39N2O.2CH3.Hf/c1-21-15-23(3)28(24(4)16-21)31-13-14-32(19-25-11-9-8-10-12-25)20-26-17-22(2)18-27(29(26)33)30(5,6)7;;;/h8-12,15-18,33H,13-14,19-20H2,1-7H3;2*1H3;/q3*-1;. The topological polar surface area (TPSA) is 37.6 Å². The van der Waals surface area contributed by atoms with Gasteiger partial charge in [0, 0.05) is 44.5 Å². The third kappa shape index (κ3) is 9.19. The zero-order valence-electron chi connectivity index (χ0n) is 23.9. The summed E-state index contributed by atoms with van der Waals surface area (Å²) in [5.74, 6) is 0.424. The Morgan fingerprint density at radius 1 is 0.806 bits per heavy atom. The third-order valence-electron chi connectivity index (χ3n) is 6.11. The Bertz CT molecular complexity index is 1060. The largest absolute Gasteiger partial charge is 0.683 e. The van der Waals surface area contributed by atoms with Gasteiger partial charge in [-0.3, -0.25) is 4.90 Å². The van der Waals surface area contributed by atoms with Crippen LogP contribution in [0.5, 0.6) is 5.75 Å². The molecule has 1 N–H and O–H groups in total. The first-order valence-electron chi connectivity index (χ1n) is 11.9. The Hall–Kier alpha value is -1.91. The van der Waals surface area contributed by atoms with Crippen LogP contribution in [-0.4, -0.2) is 23.1 Å². The second kappa shape index (κ2) is 14.7. The normalized spacial score (nSPS) is 10.8. The van der Waals surface area contributed by atoms with E-state index in [1.54, 1.807) is 0 Å². The first-order chi connectivity index (χ1) is 15.5. The van der Waals surface area contributed by atoms with Crippen molar-refractivity contribution in [2.24, 2.45) is 0 Å². The van der Waals surface area contributed by atoms with Gasteiger partial charge < -0.3 is 25.3 Å². The summed E-state index contributed by atoms with van der Waals surface area (Å²) in [4.78, 5) is 2.39. The SMILES string of the molecule is Cc1cc(C)c([N-]CCN(Cc2ccccc2)Cc2cc(C)cc(C(C)(C)C)c2O)c(C)c1.[CH3-].[CH3-].[Hf]. The fraction of sp³-hybridized carbons (Fsp3) is 0.375. The van der Waals surface area contributed by atoms with Crippen molar-refractivity contribution in [2.45, 2.75) is 67.0 Å². The predicted octanol–water partition coefficient (Wildman–Crippen LogP) is 8.53. The Morgan fingerprint density at radius 2 is 1.36 bits per heavy atom. The minimum absolute atomic E-state index is 0. The minimum atomic E-state index is -0.106. The van der Waals surface area contributed by atoms with Crippen LogP contribution in [0.25, 0.3) is 5.32 Å². The van der Waals surface area contributed by atoms with Crippen molar-refractivity contribution in [3.63, 3.8) is 0 Å². The summed E-state index contributed by atoms with van der Waals surface area (Å²) in [6, 6.07) is 19.2. The number of phenolic OH excluding ortho intramolecular Hbond substituents is 1. The zero-order valence-corrected chi connectivity index (χ0v) is 27.5. The molecule has 0 radical (unpaired) electrons. The van der Waals surface area contributed by atoms with Gasteiger partial charge in [-0.15, -0.1) is 12.2 Å². The van der Waals surface area contributed by atoms with E-state index in [9.17, 15) is 5.11 Å². The van der Waals surface area contributed by atoms with Crippen LogP contribution in [-0.2, 0) is 44.3 Å². The van der Waals surface area contributed by atoms with Crippen LogP contribution < -0.4 is 0 Å². The maximum Gasteiger partial charge on any atom is 0.123 e. The van der Waals surface area contributed by atoms with Gasteiger partial charge in [0.15, 0.2) is 0 Å². The molecule has 3 nitrogen and oxygen atoms in total. The average molecular weight is 652 g/mol. The maximum absolute atomic E-state index is 11.1. The molecule has 0 atom stereocenters. The molecule has 0 bridgehead atoms. The molecular formula is C32H45HfN2O-3. The molecule has 0 aliphatic rings. The molecule has 0 spiro atoms. The van der Waals surface area contributed by atoms with Crippen LogP contribution in [0.15, 0.2) is 54.6 Å². The smallest absolute Gasteiger partial charge is 0.123 e. The first-order valence-corrected chi connectivity index (χ1v) is 11.9. The summed E-state index contributed by atoms with van der Waals surface area (Å²) in [6.07, 6.45) is 0. The Labute approximate surface area is 240 Å². The molecular weight excluding hydrogens is 607 g/mol. The van der Waals surface area contributed by atoms with Crippen LogP contribution in [0.4, 0.5) is 5.69 Å². The van der Waals surface area contributed by atoms with Crippen LogP contribution in [0.3, 0.4) is 0 Å². The summed E-state index contributed by atoms with van der Waals surface area (Å²) >= 11 is 0. The first kappa shape index (κ1) is 34.1. The fourth-order valence-corrected chi connectivity index (χ4v) is 4.57. The van der Waals surface area contributed by atoms with E-state index in [0.29, 0.717) is 12.3 Å². The number of rotatable bonds is 8. The van der Waals surface area contributed by atoms with E-state index in [1.807, 2.05) is 6.07 Å². The molecule has 3 aromatic carbocycles. The molecule has 0 fully saturated rings. The number of benzene rings is 3. The number of phenols is 1. The number of hydrogen-bond donors (Lipinski definition) is 1. The van der Waals surface area contributed by atoms with E-state index >= 15 is 0 Å². The molecule has 3 aromatic rings. The number of hydrogen-bond acceptors (Lipinski definition) is 2. The van der Waals surface area contributed by atoms with E-state index in [0.717, 1.165) is 36.4 Å². The van der Waals surface area contributed by atoms with Gasteiger partial charge in [0.25, 0.3) is 0 Å². The van der Waals surface area contributed by atoms with E-state index in [2.05, 4.69) is 102 Å². The van der Waals surface area contributed by atoms with Crippen LogP contribution in [0, 0.1) is 42.5 Å². The van der Waals surface area contributed by atoms with Crippen molar-refractivity contribution in [1.82, 2.24) is 4.90 Å². The van der Waals surface area contributed by atoms with Crippen molar-refractivity contribution >= 4 is 5.69 Å². The van der Waals surface area contributed by atoms with Gasteiger partial charge in [-0.2, -0.15) is 0 Å². The molecule has 0 aliphatic carbocycles. The van der Waals surface area contributed by atoms with Gasteiger partial charge in [0.1, 0.15) is 5.75 Å². The van der Waals surface area contributed by atoms with E-state index in [-0.39, 0.29) is 46.1 Å². The molecule has 0 unspecified atom stereocenters. The predicted molar refractivity (Wildman–Crippen MR) is 153 cm³/mol. The molecule has 196 valence electrons. The van der Waals surface area contributed by atoms with E-state index < -0.39 is 0 Å². The van der Waals surface area contributed by atoms with Gasteiger partial charge in [-0.1, -0.05) is 97.6 Å². The molecule has 0 aromatic heterocycles. The Morgan fingerprint density at radius 3 is 1.92 bits per heavy atom. The minimum Gasteiger partial charge on any atom is -0.683 e. The molecule has 36 heavy (non-hydrogen) atoms. The molecule has 3 rings (SSSR count). The number of aromatic hydroxyl groups is 1. The van der Waals surface area contributed by atoms with Crippen molar-refractivity contribution in [3.05, 3.63) is 114 Å². The van der Waals surface area contributed by atoms with Gasteiger partial charge in [0.05, 0.1) is 0 Å². The number of aryl methyl sites for hydroxylation is 4. The van der Waals surface area contributed by atoms with Crippen LogP contribution >= 0.6 is 0 Å². The van der Waals surface area contributed by atoms with Crippen LogP contribution in [0.2, 0.25) is 0 Å². The molecule has 0 heterocycles. The number of nitrogens with zero attached hydrogens (tertiary/aromatic N) is 2. The fourth-order valence-electron chi connectivity index (χ4n) is 4.57. The van der Waals surface area contributed by atoms with Gasteiger partial charge in [-0.25, -0.2) is 0 Å². The average Bonchev–Trinajstić information content (AvgIpc) is 2.72. The third-order valence-corrected chi connectivity index (χ3v) is 6.11. The van der Waals surface area contributed by atoms with Gasteiger partial charge >= 0.3 is 0 Å². The zero-order chi connectivity index (χ0) is 24.2. The molecule has 0 saturated heterocycles. The van der Waals surface area contributed by atoms with Crippen molar-refractivity contribution in [1.29, 1.82) is 0 Å². The van der Waals surface area contributed by atoms with E-state index in [1.165, 1.54) is 27.8 Å². The molecule has 4 heteroatoms. The van der Waals surface area contributed by atoms with Crippen molar-refractivity contribution in [3.8, 4) is 5.75 Å². The monoisotopic (exact) mass is 653 g/mol. The van der Waals surface area contributed by atoms with Gasteiger partial charge in [-0.05, 0) is 50.8 Å². The van der Waals surface area contributed by atoms with Crippen molar-refractivity contribution in [2.75, 3.05) is 13.1 Å². The Kier molecular flexibility index (Phi) is 14.0. The molecule has 0 aliphatic heterocycles. The Balaban J connectivity index is 0.00000408. The molecule has 0 amide bonds. The summed E-state index contributed by atoms with van der Waals surface area (Å²) in [5, 5.41) is 16.1. The quantitative estimate of drug-likeness (QED) is 0.196. The maximum atomic E-state index is 11.1. The summed E-state index contributed by atoms with van der Waals surface area (Å²) < 4.78 is 0. The summed E-state index contributed by atoms with van der Waals surface area (Å²) in [6.45, 7) is 18.0. The van der Waals surface area contributed by atoms with Crippen molar-refractivity contribution < 1.29 is 30.9 Å².